The zero-order valence-electron chi connectivity index (χ0n) is 11.3. The number of hydrogen-bond acceptors (Lipinski definition) is 3. The molecule has 2 heterocycles. The van der Waals surface area contributed by atoms with Gasteiger partial charge in [-0.15, -0.1) is 0 Å². The summed E-state index contributed by atoms with van der Waals surface area (Å²) in [6.45, 7) is 0.457. The van der Waals surface area contributed by atoms with E-state index in [1.54, 1.807) is 24.7 Å². The molecule has 5 heteroatoms. The molecule has 2 aromatic heterocycles. The van der Waals surface area contributed by atoms with Crippen LogP contribution in [0, 0.1) is 0 Å². The van der Waals surface area contributed by atoms with Gasteiger partial charge in [0.2, 0.25) is 5.91 Å². The Kier molecular flexibility index (Phi) is 3.73. The first-order valence-electron chi connectivity index (χ1n) is 6.60. The average molecular weight is 278 g/mol. The Hall–Kier alpha value is -2.95. The Bertz CT molecular complexity index is 777. The topological polar surface area (TPSA) is 70.7 Å². The van der Waals surface area contributed by atoms with Crippen LogP contribution in [0.2, 0.25) is 0 Å². The monoisotopic (exact) mass is 278 g/mol. The molecule has 21 heavy (non-hydrogen) atoms. The molecule has 0 fully saturated rings. The number of aromatic nitrogens is 3. The minimum Gasteiger partial charge on any atom is -0.348 e. The summed E-state index contributed by atoms with van der Waals surface area (Å²) in [4.78, 5) is 15.8. The lowest BCUT2D eigenvalue weighted by Gasteiger charge is -2.03. The van der Waals surface area contributed by atoms with Crippen LogP contribution < -0.4 is 5.32 Å². The van der Waals surface area contributed by atoms with Gasteiger partial charge in [-0.05, 0) is 29.3 Å². The second kappa shape index (κ2) is 6.00. The van der Waals surface area contributed by atoms with E-state index in [1.807, 2.05) is 30.3 Å². The van der Waals surface area contributed by atoms with Crippen LogP contribution in [0.5, 0.6) is 0 Å². The molecule has 0 saturated carbocycles. The molecule has 0 aliphatic rings. The number of rotatable bonds is 4. The first-order valence-corrected chi connectivity index (χ1v) is 6.60. The molecule has 104 valence electrons. The number of nitrogens with zero attached hydrogens (tertiary/aromatic N) is 2. The van der Waals surface area contributed by atoms with Gasteiger partial charge in [-0.1, -0.05) is 18.2 Å². The van der Waals surface area contributed by atoms with Gasteiger partial charge in [0.1, 0.15) is 0 Å². The quantitative estimate of drug-likeness (QED) is 0.719. The van der Waals surface area contributed by atoms with Crippen LogP contribution in [0.15, 0.2) is 55.0 Å². The van der Waals surface area contributed by atoms with Crippen LogP contribution in [0.25, 0.3) is 17.0 Å². The Morgan fingerprint density at radius 2 is 2.10 bits per heavy atom. The molecule has 0 saturated heterocycles. The van der Waals surface area contributed by atoms with Crippen LogP contribution in [-0.4, -0.2) is 21.1 Å². The summed E-state index contributed by atoms with van der Waals surface area (Å²) < 4.78 is 0. The number of amides is 1. The molecule has 0 spiro atoms. The Morgan fingerprint density at radius 1 is 1.24 bits per heavy atom. The lowest BCUT2D eigenvalue weighted by molar-refractivity contribution is -0.116. The van der Waals surface area contributed by atoms with E-state index in [9.17, 15) is 4.79 Å². The Balaban J connectivity index is 1.64. The summed E-state index contributed by atoms with van der Waals surface area (Å²) in [7, 11) is 0. The second-order valence-corrected chi connectivity index (χ2v) is 4.58. The van der Waals surface area contributed by atoms with E-state index in [-0.39, 0.29) is 5.91 Å². The molecule has 1 amide bonds. The van der Waals surface area contributed by atoms with Gasteiger partial charge >= 0.3 is 0 Å². The largest absolute Gasteiger partial charge is 0.348 e. The maximum Gasteiger partial charge on any atom is 0.244 e. The molecule has 0 unspecified atom stereocenters. The zero-order chi connectivity index (χ0) is 14.5. The smallest absolute Gasteiger partial charge is 0.244 e. The molecule has 5 nitrogen and oxygen atoms in total. The van der Waals surface area contributed by atoms with Gasteiger partial charge in [-0.3, -0.25) is 14.9 Å². The van der Waals surface area contributed by atoms with Crippen LogP contribution >= 0.6 is 0 Å². The molecule has 0 aliphatic carbocycles. The maximum atomic E-state index is 11.8. The Morgan fingerprint density at radius 3 is 2.95 bits per heavy atom. The van der Waals surface area contributed by atoms with Gasteiger partial charge in [0.15, 0.2) is 0 Å². The fraction of sp³-hybridized carbons (Fsp3) is 0.0625. The summed E-state index contributed by atoms with van der Waals surface area (Å²) in [5.41, 5.74) is 2.90. The van der Waals surface area contributed by atoms with Gasteiger partial charge in [0, 0.05) is 30.4 Å². The van der Waals surface area contributed by atoms with Crippen LogP contribution in [0.1, 0.15) is 11.1 Å². The highest BCUT2D eigenvalue weighted by Gasteiger charge is 2.03. The fourth-order valence-corrected chi connectivity index (χ4v) is 2.07. The molecule has 3 rings (SSSR count). The minimum atomic E-state index is -0.136. The van der Waals surface area contributed by atoms with Crippen molar-refractivity contribution < 1.29 is 4.79 Å². The van der Waals surface area contributed by atoms with Gasteiger partial charge < -0.3 is 5.32 Å². The van der Waals surface area contributed by atoms with Crippen LogP contribution in [0.3, 0.4) is 0 Å². The number of H-pyrrole nitrogens is 1. The number of nitrogens with one attached hydrogen (secondary N) is 2. The van der Waals surface area contributed by atoms with Gasteiger partial charge in [-0.25, -0.2) is 0 Å². The van der Waals surface area contributed by atoms with Crippen molar-refractivity contribution in [3.8, 4) is 0 Å². The maximum absolute atomic E-state index is 11.8. The summed E-state index contributed by atoms with van der Waals surface area (Å²) >= 11 is 0. The van der Waals surface area contributed by atoms with E-state index in [2.05, 4.69) is 20.5 Å². The van der Waals surface area contributed by atoms with Crippen molar-refractivity contribution in [2.24, 2.45) is 0 Å². The molecule has 2 N–H and O–H groups in total. The number of benzene rings is 1. The molecule has 1 aromatic carbocycles. The number of aromatic amines is 1. The van der Waals surface area contributed by atoms with Crippen molar-refractivity contribution in [2.75, 3.05) is 0 Å². The summed E-state index contributed by atoms with van der Waals surface area (Å²) in [6, 6.07) is 9.58. The predicted molar refractivity (Wildman–Crippen MR) is 81.2 cm³/mol. The number of carbonyl (C=O) groups excluding carboxylic acids is 1. The molecule has 0 bridgehead atoms. The molecular formula is C16H14N4O. The van der Waals surface area contributed by atoms with E-state index in [0.29, 0.717) is 6.54 Å². The molecular weight excluding hydrogens is 264 g/mol. The number of hydrogen-bond donors (Lipinski definition) is 2. The fourth-order valence-electron chi connectivity index (χ4n) is 2.07. The predicted octanol–water partition coefficient (Wildman–Crippen LogP) is 2.29. The third kappa shape index (κ3) is 3.14. The summed E-state index contributed by atoms with van der Waals surface area (Å²) in [5, 5.41) is 10.8. The highest BCUT2D eigenvalue weighted by Crippen LogP contribution is 2.15. The molecule has 0 radical (unpaired) electrons. The van der Waals surface area contributed by atoms with Crippen molar-refractivity contribution in [3.05, 3.63) is 66.1 Å². The zero-order valence-corrected chi connectivity index (χ0v) is 11.3. The third-order valence-electron chi connectivity index (χ3n) is 3.15. The minimum absolute atomic E-state index is 0.136. The molecule has 0 aliphatic heterocycles. The Labute approximate surface area is 121 Å². The van der Waals surface area contributed by atoms with E-state index in [0.717, 1.165) is 22.0 Å². The first-order chi connectivity index (χ1) is 10.3. The summed E-state index contributed by atoms with van der Waals surface area (Å²) in [6.07, 6.45) is 8.42. The van der Waals surface area contributed by atoms with E-state index < -0.39 is 0 Å². The van der Waals surface area contributed by atoms with Gasteiger partial charge in [-0.2, -0.15) is 5.10 Å². The normalized spacial score (nSPS) is 11.0. The lowest BCUT2D eigenvalue weighted by Crippen LogP contribution is -2.20. The second-order valence-electron chi connectivity index (χ2n) is 4.58. The van der Waals surface area contributed by atoms with Crippen molar-refractivity contribution >= 4 is 22.9 Å². The lowest BCUT2D eigenvalue weighted by atomic mass is 10.1. The highest BCUT2D eigenvalue weighted by atomic mass is 16.1. The summed E-state index contributed by atoms with van der Waals surface area (Å²) in [5.74, 6) is -0.136. The van der Waals surface area contributed by atoms with Crippen molar-refractivity contribution in [2.45, 2.75) is 6.54 Å². The van der Waals surface area contributed by atoms with E-state index in [1.165, 1.54) is 6.08 Å². The van der Waals surface area contributed by atoms with Crippen molar-refractivity contribution in [3.63, 3.8) is 0 Å². The van der Waals surface area contributed by atoms with Crippen molar-refractivity contribution in [1.29, 1.82) is 0 Å². The molecule has 0 atom stereocenters. The number of pyridine rings is 1. The highest BCUT2D eigenvalue weighted by molar-refractivity contribution is 5.92. The SMILES string of the molecule is O=C(/C=C/c1ccncc1)NCc1cccc2cn[nH]c12. The third-order valence-corrected chi connectivity index (χ3v) is 3.15. The first kappa shape index (κ1) is 13.1. The van der Waals surface area contributed by atoms with Crippen LogP contribution in [-0.2, 0) is 11.3 Å². The average Bonchev–Trinajstić information content (AvgIpc) is 3.01. The van der Waals surface area contributed by atoms with Crippen LogP contribution in [0.4, 0.5) is 0 Å². The van der Waals surface area contributed by atoms with Gasteiger partial charge in [0.25, 0.3) is 0 Å². The number of carbonyl (C=O) groups is 1. The number of para-hydroxylation sites is 1. The van der Waals surface area contributed by atoms with E-state index >= 15 is 0 Å². The van der Waals surface area contributed by atoms with Crippen molar-refractivity contribution in [1.82, 2.24) is 20.5 Å². The molecule has 3 aromatic rings. The standard InChI is InChI=1S/C16H14N4O/c21-15(5-4-12-6-8-17-9-7-12)18-10-13-2-1-3-14-11-19-20-16(13)14/h1-9,11H,10H2,(H,18,21)(H,19,20)/b5-4+. The number of fused-ring (bicyclic) bond motifs is 1. The van der Waals surface area contributed by atoms with Gasteiger partial charge in [0.05, 0.1) is 11.7 Å². The van der Waals surface area contributed by atoms with E-state index in [4.69, 9.17) is 0 Å².